The molecule has 0 N–H and O–H groups in total. The Morgan fingerprint density at radius 1 is 1.19 bits per heavy atom. The molecule has 0 radical (unpaired) electrons. The summed E-state index contributed by atoms with van der Waals surface area (Å²) in [6, 6.07) is 10.3. The van der Waals surface area contributed by atoms with Gasteiger partial charge in [0.2, 0.25) is 0 Å². The predicted molar refractivity (Wildman–Crippen MR) is 105 cm³/mol. The van der Waals surface area contributed by atoms with Crippen molar-refractivity contribution in [2.75, 3.05) is 20.2 Å². The maximum Gasteiger partial charge on any atom is 0.265 e. The van der Waals surface area contributed by atoms with E-state index in [2.05, 4.69) is 6.07 Å². The molecule has 136 valence electrons. The second-order valence-corrected chi connectivity index (χ2v) is 7.71. The first-order valence-corrected chi connectivity index (χ1v) is 9.38. The van der Waals surface area contributed by atoms with E-state index >= 15 is 0 Å². The lowest BCUT2D eigenvalue weighted by molar-refractivity contribution is 0.0778. The first-order chi connectivity index (χ1) is 12.3. The molecule has 1 heterocycles. The van der Waals surface area contributed by atoms with Crippen molar-refractivity contribution in [3.8, 4) is 5.75 Å². The van der Waals surface area contributed by atoms with Crippen LogP contribution < -0.4 is 4.74 Å². The van der Waals surface area contributed by atoms with Gasteiger partial charge >= 0.3 is 0 Å². The van der Waals surface area contributed by atoms with Gasteiger partial charge in [0.15, 0.2) is 0 Å². The molecular weight excluding hydrogens is 373 g/mol. The lowest BCUT2D eigenvalue weighted by Gasteiger charge is -2.17. The molecular formula is C20H19ClFNO2S. The smallest absolute Gasteiger partial charge is 0.265 e. The highest BCUT2D eigenvalue weighted by Crippen LogP contribution is 2.36. The molecule has 0 saturated carbocycles. The van der Waals surface area contributed by atoms with Gasteiger partial charge in [0.05, 0.1) is 11.6 Å². The van der Waals surface area contributed by atoms with Crippen LogP contribution in [0.1, 0.15) is 20.8 Å². The Bertz CT molecular complexity index is 950. The van der Waals surface area contributed by atoms with Gasteiger partial charge in [-0.1, -0.05) is 17.7 Å². The number of ether oxygens (including phenoxy) is 1. The number of rotatable bonds is 5. The minimum absolute atomic E-state index is 0.194. The Morgan fingerprint density at radius 2 is 1.88 bits per heavy atom. The van der Waals surface area contributed by atoms with E-state index < -0.39 is 0 Å². The third-order valence-electron chi connectivity index (χ3n) is 4.02. The molecule has 2 aromatic carbocycles. The fourth-order valence-electron chi connectivity index (χ4n) is 2.77. The summed E-state index contributed by atoms with van der Waals surface area (Å²) >= 11 is 7.53. The Labute approximate surface area is 161 Å². The molecule has 0 aliphatic rings. The van der Waals surface area contributed by atoms with Crippen LogP contribution in [0.3, 0.4) is 0 Å². The second kappa shape index (κ2) is 7.64. The van der Waals surface area contributed by atoms with Crippen LogP contribution >= 0.6 is 22.9 Å². The van der Waals surface area contributed by atoms with Crippen LogP contribution in [0.4, 0.5) is 4.39 Å². The van der Waals surface area contributed by atoms with Crippen LogP contribution in [0.25, 0.3) is 10.1 Å². The summed E-state index contributed by atoms with van der Waals surface area (Å²) in [6.07, 6.45) is 0. The zero-order valence-electron chi connectivity index (χ0n) is 14.8. The number of hydrogen-bond donors (Lipinski definition) is 0. The fourth-order valence-corrected chi connectivity index (χ4v) is 4.30. The number of nitrogens with zero attached hydrogens (tertiary/aromatic N) is 1. The summed E-state index contributed by atoms with van der Waals surface area (Å²) in [6.45, 7) is 4.83. The molecule has 0 saturated heterocycles. The zero-order valence-corrected chi connectivity index (χ0v) is 16.4. The molecule has 6 heteroatoms. The topological polar surface area (TPSA) is 29.5 Å². The monoisotopic (exact) mass is 391 g/mol. The van der Waals surface area contributed by atoms with E-state index in [1.54, 1.807) is 18.0 Å². The first kappa shape index (κ1) is 18.7. The number of aryl methyl sites for hydroxylation is 2. The predicted octanol–water partition coefficient (Wildman–Crippen LogP) is 5.46. The quantitative estimate of drug-likeness (QED) is 0.577. The molecule has 3 nitrogen and oxygen atoms in total. The van der Waals surface area contributed by atoms with Crippen molar-refractivity contribution in [2.45, 2.75) is 13.8 Å². The van der Waals surface area contributed by atoms with Crippen molar-refractivity contribution in [3.05, 3.63) is 63.2 Å². The molecule has 0 atom stereocenters. The largest absolute Gasteiger partial charge is 0.492 e. The molecule has 1 amide bonds. The number of amides is 1. The van der Waals surface area contributed by atoms with Crippen LogP contribution in [0.15, 0.2) is 36.4 Å². The van der Waals surface area contributed by atoms with Gasteiger partial charge in [-0.05, 0) is 55.3 Å². The molecule has 0 aliphatic heterocycles. The van der Waals surface area contributed by atoms with E-state index in [9.17, 15) is 9.18 Å². The number of benzene rings is 2. The summed E-state index contributed by atoms with van der Waals surface area (Å²) in [5.74, 6) is 0.254. The molecule has 3 aromatic rings. The van der Waals surface area contributed by atoms with Crippen molar-refractivity contribution >= 4 is 38.9 Å². The third-order valence-corrected chi connectivity index (χ3v) is 5.67. The van der Waals surface area contributed by atoms with E-state index in [1.165, 1.54) is 23.5 Å². The number of thiophene rings is 1. The summed E-state index contributed by atoms with van der Waals surface area (Å²) in [7, 11) is 1.70. The maximum absolute atomic E-state index is 13.4. The normalized spacial score (nSPS) is 11.0. The number of halogens is 2. The highest BCUT2D eigenvalue weighted by Gasteiger charge is 2.20. The highest BCUT2D eigenvalue weighted by molar-refractivity contribution is 7.21. The average molecular weight is 392 g/mol. The molecule has 0 spiro atoms. The van der Waals surface area contributed by atoms with Crippen molar-refractivity contribution in [1.29, 1.82) is 0 Å². The van der Waals surface area contributed by atoms with Gasteiger partial charge in [0.25, 0.3) is 5.91 Å². The molecule has 0 aliphatic carbocycles. The van der Waals surface area contributed by atoms with Crippen molar-refractivity contribution in [2.24, 2.45) is 0 Å². The fraction of sp³-hybridized carbons (Fsp3) is 0.250. The van der Waals surface area contributed by atoms with E-state index in [0.29, 0.717) is 33.1 Å². The zero-order chi connectivity index (χ0) is 18.8. The number of carbonyl (C=O) groups excluding carboxylic acids is 1. The number of fused-ring (bicyclic) bond motifs is 1. The molecule has 0 fully saturated rings. The molecule has 0 unspecified atom stereocenters. The highest BCUT2D eigenvalue weighted by atomic mass is 35.5. The van der Waals surface area contributed by atoms with Crippen LogP contribution in [-0.4, -0.2) is 31.0 Å². The van der Waals surface area contributed by atoms with Crippen molar-refractivity contribution < 1.29 is 13.9 Å². The lowest BCUT2D eigenvalue weighted by Crippen LogP contribution is -2.30. The van der Waals surface area contributed by atoms with Gasteiger partial charge in [0, 0.05) is 17.1 Å². The standard InChI is InChI=1S/C20H19ClFNO2S/c1-12-8-13(2)10-15(9-12)25-7-6-23(3)20(24)19-18(21)16-5-4-14(22)11-17(16)26-19/h4-5,8-11H,6-7H2,1-3H3. The van der Waals surface area contributed by atoms with Crippen LogP contribution in [0.5, 0.6) is 5.75 Å². The summed E-state index contributed by atoms with van der Waals surface area (Å²) in [5, 5.41) is 1.07. The number of hydrogen-bond acceptors (Lipinski definition) is 3. The SMILES string of the molecule is Cc1cc(C)cc(OCCN(C)C(=O)c2sc3cc(F)ccc3c2Cl)c1. The average Bonchev–Trinajstić information content (AvgIpc) is 2.89. The van der Waals surface area contributed by atoms with Gasteiger partial charge < -0.3 is 9.64 Å². The van der Waals surface area contributed by atoms with Gasteiger partial charge in [-0.2, -0.15) is 0 Å². The lowest BCUT2D eigenvalue weighted by atomic mass is 10.1. The van der Waals surface area contributed by atoms with Crippen LogP contribution in [0, 0.1) is 19.7 Å². The van der Waals surface area contributed by atoms with Crippen molar-refractivity contribution in [3.63, 3.8) is 0 Å². The molecule has 26 heavy (non-hydrogen) atoms. The van der Waals surface area contributed by atoms with E-state index in [0.717, 1.165) is 16.9 Å². The van der Waals surface area contributed by atoms with E-state index in [-0.39, 0.29) is 11.7 Å². The Morgan fingerprint density at radius 3 is 2.58 bits per heavy atom. The number of carbonyl (C=O) groups is 1. The maximum atomic E-state index is 13.4. The summed E-state index contributed by atoms with van der Waals surface area (Å²) < 4.78 is 19.8. The van der Waals surface area contributed by atoms with Gasteiger partial charge in [-0.3, -0.25) is 4.79 Å². The Balaban J connectivity index is 1.67. The van der Waals surface area contributed by atoms with Crippen LogP contribution in [0.2, 0.25) is 5.02 Å². The molecule has 0 bridgehead atoms. The van der Waals surface area contributed by atoms with E-state index in [4.69, 9.17) is 16.3 Å². The Kier molecular flexibility index (Phi) is 5.49. The van der Waals surface area contributed by atoms with E-state index in [1.807, 2.05) is 26.0 Å². The van der Waals surface area contributed by atoms with Gasteiger partial charge in [-0.15, -0.1) is 11.3 Å². The minimum Gasteiger partial charge on any atom is -0.492 e. The third kappa shape index (κ3) is 4.00. The van der Waals surface area contributed by atoms with Gasteiger partial charge in [0.1, 0.15) is 23.1 Å². The minimum atomic E-state index is -0.343. The molecule has 1 aromatic heterocycles. The van der Waals surface area contributed by atoms with Crippen LogP contribution in [-0.2, 0) is 0 Å². The van der Waals surface area contributed by atoms with Crippen molar-refractivity contribution in [1.82, 2.24) is 4.90 Å². The first-order valence-electron chi connectivity index (χ1n) is 8.19. The Hall–Kier alpha value is -2.11. The second-order valence-electron chi connectivity index (χ2n) is 6.28. The van der Waals surface area contributed by atoms with Gasteiger partial charge in [-0.25, -0.2) is 4.39 Å². The summed E-state index contributed by atoms with van der Waals surface area (Å²) in [5.41, 5.74) is 2.27. The molecule has 3 rings (SSSR count). The number of likely N-dealkylation sites (N-methyl/N-ethyl adjacent to an activating group) is 1. The summed E-state index contributed by atoms with van der Waals surface area (Å²) in [4.78, 5) is 14.7.